The molecule has 0 spiro atoms. The lowest BCUT2D eigenvalue weighted by Crippen LogP contribution is -2.30. The molecule has 0 radical (unpaired) electrons. The van der Waals surface area contributed by atoms with E-state index in [4.69, 9.17) is 0 Å². The second-order valence-electron chi connectivity index (χ2n) is 6.57. The number of amides is 1. The van der Waals surface area contributed by atoms with E-state index in [1.54, 1.807) is 0 Å². The zero-order chi connectivity index (χ0) is 17.3. The van der Waals surface area contributed by atoms with Gasteiger partial charge in [-0.25, -0.2) is 4.98 Å². The van der Waals surface area contributed by atoms with Crippen LogP contribution in [0.15, 0.2) is 48.8 Å². The summed E-state index contributed by atoms with van der Waals surface area (Å²) in [6.07, 6.45) is 1.85. The van der Waals surface area contributed by atoms with Crippen LogP contribution in [0.2, 0.25) is 0 Å². The monoisotopic (exact) mass is 321 g/mol. The van der Waals surface area contributed by atoms with Crippen LogP contribution in [0.1, 0.15) is 48.3 Å². The fraction of sp³-hybridized carbons (Fsp3) is 0.300. The topological polar surface area (TPSA) is 46.9 Å². The number of carbonyl (C=O) groups is 1. The Kier molecular flexibility index (Phi) is 4.38. The highest BCUT2D eigenvalue weighted by molar-refractivity contribution is 5.97. The molecule has 1 heterocycles. The van der Waals surface area contributed by atoms with Crippen molar-refractivity contribution < 1.29 is 4.79 Å². The number of imidazole rings is 1. The highest BCUT2D eigenvalue weighted by atomic mass is 16.1. The summed E-state index contributed by atoms with van der Waals surface area (Å²) in [6, 6.07) is 14.4. The Balaban J connectivity index is 1.99. The summed E-state index contributed by atoms with van der Waals surface area (Å²) in [4.78, 5) is 16.7. The third kappa shape index (κ3) is 3.18. The van der Waals surface area contributed by atoms with E-state index in [1.807, 2.05) is 38.4 Å². The summed E-state index contributed by atoms with van der Waals surface area (Å²) in [6.45, 7) is 8.15. The second-order valence-corrected chi connectivity index (χ2v) is 6.57. The molecule has 0 fully saturated rings. The van der Waals surface area contributed by atoms with Crippen LogP contribution in [0.3, 0.4) is 0 Å². The molecule has 0 saturated heterocycles. The van der Waals surface area contributed by atoms with Crippen LogP contribution in [0.4, 0.5) is 0 Å². The predicted octanol–water partition coefficient (Wildman–Crippen LogP) is 4.09. The normalized spacial score (nSPS) is 12.5. The number of rotatable bonds is 4. The van der Waals surface area contributed by atoms with Crippen LogP contribution in [-0.4, -0.2) is 21.5 Å². The van der Waals surface area contributed by atoms with Gasteiger partial charge < -0.3 is 9.88 Å². The molecule has 0 bridgehead atoms. The fourth-order valence-corrected chi connectivity index (χ4v) is 2.83. The van der Waals surface area contributed by atoms with E-state index >= 15 is 0 Å². The predicted molar refractivity (Wildman–Crippen MR) is 97.3 cm³/mol. The Labute approximate surface area is 142 Å². The van der Waals surface area contributed by atoms with Crippen molar-refractivity contribution in [2.24, 2.45) is 0 Å². The average Bonchev–Trinajstić information content (AvgIpc) is 2.97. The molecule has 124 valence electrons. The van der Waals surface area contributed by atoms with E-state index in [0.717, 1.165) is 11.0 Å². The van der Waals surface area contributed by atoms with Gasteiger partial charge >= 0.3 is 0 Å². The minimum Gasteiger partial charge on any atom is -0.350 e. The lowest BCUT2D eigenvalue weighted by atomic mass is 10.1. The summed E-state index contributed by atoms with van der Waals surface area (Å²) in [7, 11) is 0. The number of aryl methyl sites for hydroxylation is 1. The maximum atomic E-state index is 12.3. The van der Waals surface area contributed by atoms with Crippen LogP contribution in [-0.2, 0) is 0 Å². The van der Waals surface area contributed by atoms with Crippen LogP contribution < -0.4 is 5.32 Å². The van der Waals surface area contributed by atoms with Crippen molar-refractivity contribution in [2.75, 3.05) is 0 Å². The van der Waals surface area contributed by atoms with Gasteiger partial charge in [0.1, 0.15) is 0 Å². The Morgan fingerprint density at radius 2 is 1.79 bits per heavy atom. The molecular formula is C20H23N3O. The maximum Gasteiger partial charge on any atom is 0.251 e. The molecule has 24 heavy (non-hydrogen) atoms. The lowest BCUT2D eigenvalue weighted by molar-refractivity contribution is 0.0943. The van der Waals surface area contributed by atoms with Crippen molar-refractivity contribution in [3.8, 4) is 0 Å². The van der Waals surface area contributed by atoms with E-state index in [1.165, 1.54) is 11.1 Å². The Morgan fingerprint density at radius 3 is 2.46 bits per heavy atom. The molecule has 3 aromatic rings. The van der Waals surface area contributed by atoms with Gasteiger partial charge in [0.05, 0.1) is 23.4 Å². The fourth-order valence-electron chi connectivity index (χ4n) is 2.83. The number of hydrogen-bond donors (Lipinski definition) is 1. The van der Waals surface area contributed by atoms with Crippen molar-refractivity contribution in [1.29, 1.82) is 0 Å². The van der Waals surface area contributed by atoms with Gasteiger partial charge in [0.25, 0.3) is 5.91 Å². The molecule has 1 atom stereocenters. The molecule has 4 heteroatoms. The van der Waals surface area contributed by atoms with E-state index in [0.29, 0.717) is 5.56 Å². The van der Waals surface area contributed by atoms with Gasteiger partial charge in [-0.1, -0.05) is 29.8 Å². The summed E-state index contributed by atoms with van der Waals surface area (Å²) in [5, 5.41) is 2.93. The van der Waals surface area contributed by atoms with E-state index in [9.17, 15) is 4.79 Å². The van der Waals surface area contributed by atoms with Gasteiger partial charge in [0.2, 0.25) is 0 Å². The van der Waals surface area contributed by atoms with Gasteiger partial charge in [0.15, 0.2) is 0 Å². The van der Waals surface area contributed by atoms with Crippen molar-refractivity contribution in [3.63, 3.8) is 0 Å². The number of hydrogen-bond acceptors (Lipinski definition) is 2. The van der Waals surface area contributed by atoms with Gasteiger partial charge in [-0.3, -0.25) is 4.79 Å². The first-order valence-corrected chi connectivity index (χ1v) is 8.29. The standard InChI is InChI=1S/C20H23N3O/c1-13(2)22-20(24)17-9-10-18-19(11-17)23(12-21-18)15(4)16-7-5-14(3)6-8-16/h5-13,15H,1-4H3,(H,22,24). The zero-order valence-corrected chi connectivity index (χ0v) is 14.6. The maximum absolute atomic E-state index is 12.3. The molecule has 4 nitrogen and oxygen atoms in total. The molecule has 0 aliphatic heterocycles. The van der Waals surface area contributed by atoms with Crippen LogP contribution in [0, 0.1) is 6.92 Å². The van der Waals surface area contributed by atoms with Crippen molar-refractivity contribution in [3.05, 3.63) is 65.5 Å². The summed E-state index contributed by atoms with van der Waals surface area (Å²) >= 11 is 0. The minimum atomic E-state index is -0.0531. The first kappa shape index (κ1) is 16.2. The molecule has 1 N–H and O–H groups in total. The van der Waals surface area contributed by atoms with Gasteiger partial charge in [-0.05, 0) is 51.5 Å². The highest BCUT2D eigenvalue weighted by Crippen LogP contribution is 2.24. The quantitative estimate of drug-likeness (QED) is 0.786. The summed E-state index contributed by atoms with van der Waals surface area (Å²) < 4.78 is 2.12. The van der Waals surface area contributed by atoms with Crippen LogP contribution in [0.5, 0.6) is 0 Å². The highest BCUT2D eigenvalue weighted by Gasteiger charge is 2.14. The van der Waals surface area contributed by atoms with Crippen LogP contribution >= 0.6 is 0 Å². The molecule has 0 saturated carbocycles. The number of fused-ring (bicyclic) bond motifs is 1. The van der Waals surface area contributed by atoms with Crippen molar-refractivity contribution in [2.45, 2.75) is 39.8 Å². The first-order valence-electron chi connectivity index (χ1n) is 8.29. The summed E-state index contributed by atoms with van der Waals surface area (Å²) in [5.74, 6) is -0.0531. The molecule has 1 aromatic heterocycles. The van der Waals surface area contributed by atoms with E-state index in [2.05, 4.69) is 53.0 Å². The third-order valence-electron chi connectivity index (χ3n) is 4.23. The van der Waals surface area contributed by atoms with E-state index < -0.39 is 0 Å². The van der Waals surface area contributed by atoms with Gasteiger partial charge in [0, 0.05) is 11.6 Å². The average molecular weight is 321 g/mol. The Hall–Kier alpha value is -2.62. The zero-order valence-electron chi connectivity index (χ0n) is 14.6. The number of aromatic nitrogens is 2. The SMILES string of the molecule is Cc1ccc(C(C)n2cnc3ccc(C(=O)NC(C)C)cc32)cc1. The summed E-state index contributed by atoms with van der Waals surface area (Å²) in [5.41, 5.74) is 5.00. The molecule has 1 amide bonds. The first-order chi connectivity index (χ1) is 11.5. The largest absolute Gasteiger partial charge is 0.350 e. The Morgan fingerprint density at radius 1 is 1.08 bits per heavy atom. The third-order valence-corrected chi connectivity index (χ3v) is 4.23. The number of nitrogens with one attached hydrogen (secondary N) is 1. The number of nitrogens with zero attached hydrogens (tertiary/aromatic N) is 2. The van der Waals surface area contributed by atoms with Gasteiger partial charge in [-0.2, -0.15) is 0 Å². The second kappa shape index (κ2) is 6.48. The van der Waals surface area contributed by atoms with E-state index in [-0.39, 0.29) is 18.0 Å². The number of carbonyl (C=O) groups excluding carboxylic acids is 1. The minimum absolute atomic E-state index is 0.0531. The van der Waals surface area contributed by atoms with Crippen LogP contribution in [0.25, 0.3) is 11.0 Å². The molecule has 0 aliphatic rings. The molecular weight excluding hydrogens is 298 g/mol. The van der Waals surface area contributed by atoms with Crippen molar-refractivity contribution in [1.82, 2.24) is 14.9 Å². The Bertz CT molecular complexity index is 862. The molecule has 0 aliphatic carbocycles. The molecule has 2 aromatic carbocycles. The smallest absolute Gasteiger partial charge is 0.251 e. The lowest BCUT2D eigenvalue weighted by Gasteiger charge is -2.16. The molecule has 1 unspecified atom stereocenters. The molecule has 3 rings (SSSR count). The van der Waals surface area contributed by atoms with Gasteiger partial charge in [-0.15, -0.1) is 0 Å². The van der Waals surface area contributed by atoms with Crippen molar-refractivity contribution >= 4 is 16.9 Å². The number of benzene rings is 2.